The Bertz CT molecular complexity index is 2070. The van der Waals surface area contributed by atoms with Crippen molar-refractivity contribution in [2.45, 2.75) is 0 Å². The number of rotatable bonds is 2. The van der Waals surface area contributed by atoms with E-state index in [2.05, 4.69) is 109 Å². The summed E-state index contributed by atoms with van der Waals surface area (Å²) in [5.41, 5.74) is 5.95. The quantitative estimate of drug-likeness (QED) is 0.225. The Morgan fingerprint density at radius 2 is 1.05 bits per heavy atom. The van der Waals surface area contributed by atoms with Gasteiger partial charge in [0.15, 0.2) is 11.5 Å². The number of fused-ring (bicyclic) bond motifs is 6. The standard InChI is InChI=1S/C34H18O2S2/c1-3-9-19(10-4-1)32-29-22-15-17-25-28-23(34-30(35-25)21-13-7-8-14-26(21)37-34)16-18-24(27(22)28)36-31(29)33(38-32)20-11-5-2-6-12-20/h1-18H. The van der Waals surface area contributed by atoms with E-state index in [0.717, 1.165) is 38.6 Å². The molecule has 0 atom stereocenters. The molecular weight excluding hydrogens is 505 g/mol. The smallest absolute Gasteiger partial charge is 0.154 e. The van der Waals surface area contributed by atoms with Crippen LogP contribution in [0.4, 0.5) is 0 Å². The topological polar surface area (TPSA) is 18.5 Å². The highest BCUT2D eigenvalue weighted by atomic mass is 32.1. The fourth-order valence-corrected chi connectivity index (χ4v) is 8.27. The van der Waals surface area contributed by atoms with Gasteiger partial charge in [-0.1, -0.05) is 72.8 Å². The SMILES string of the molecule is c1ccc(-c2sc(-c3ccccc3)c3c2Oc2ccc4c5c(ccc-3c25)Oc2c-4sc3ccccc23)cc1. The first-order chi connectivity index (χ1) is 18.8. The summed E-state index contributed by atoms with van der Waals surface area (Å²) in [5.74, 6) is 3.68. The lowest BCUT2D eigenvalue weighted by Gasteiger charge is -2.26. The van der Waals surface area contributed by atoms with Crippen LogP contribution < -0.4 is 9.47 Å². The van der Waals surface area contributed by atoms with Gasteiger partial charge in [0, 0.05) is 36.9 Å². The second kappa shape index (κ2) is 7.57. The van der Waals surface area contributed by atoms with Crippen LogP contribution in [0.15, 0.2) is 109 Å². The summed E-state index contributed by atoms with van der Waals surface area (Å²) in [6, 6.07) is 38.4. The second-order valence-electron chi connectivity index (χ2n) is 9.63. The maximum Gasteiger partial charge on any atom is 0.154 e. The lowest BCUT2D eigenvalue weighted by atomic mass is 9.89. The van der Waals surface area contributed by atoms with Gasteiger partial charge in [-0.15, -0.1) is 22.7 Å². The normalized spacial score (nSPS) is 12.6. The zero-order valence-electron chi connectivity index (χ0n) is 20.0. The van der Waals surface area contributed by atoms with Gasteiger partial charge >= 0.3 is 0 Å². The van der Waals surface area contributed by atoms with Crippen molar-refractivity contribution >= 4 is 43.5 Å². The first kappa shape index (κ1) is 20.7. The Morgan fingerprint density at radius 1 is 0.447 bits per heavy atom. The number of thiophene rings is 2. The molecule has 0 fully saturated rings. The minimum Gasteiger partial charge on any atom is -0.454 e. The van der Waals surface area contributed by atoms with Crippen LogP contribution >= 0.6 is 22.7 Å². The summed E-state index contributed by atoms with van der Waals surface area (Å²) in [6.45, 7) is 0. The average Bonchev–Trinajstić information content (AvgIpc) is 3.55. The van der Waals surface area contributed by atoms with Crippen molar-refractivity contribution in [3.8, 4) is 65.4 Å². The minimum atomic E-state index is 0.885. The van der Waals surface area contributed by atoms with Gasteiger partial charge in [-0.3, -0.25) is 0 Å². The van der Waals surface area contributed by atoms with Gasteiger partial charge in [-0.05, 0) is 53.1 Å². The maximum atomic E-state index is 6.82. The molecule has 0 spiro atoms. The molecule has 4 heteroatoms. The van der Waals surface area contributed by atoms with Crippen LogP contribution in [0.1, 0.15) is 0 Å². The molecule has 0 amide bonds. The highest BCUT2D eigenvalue weighted by Gasteiger charge is 2.33. The van der Waals surface area contributed by atoms with E-state index in [1.54, 1.807) is 22.7 Å². The third-order valence-corrected chi connectivity index (χ3v) is 9.96. The van der Waals surface area contributed by atoms with Gasteiger partial charge in [0.2, 0.25) is 0 Å². The average molecular weight is 523 g/mol. The first-order valence-electron chi connectivity index (χ1n) is 12.6. The summed E-state index contributed by atoms with van der Waals surface area (Å²) < 4.78 is 14.7. The second-order valence-corrected chi connectivity index (χ2v) is 11.7. The predicted molar refractivity (Wildman–Crippen MR) is 159 cm³/mol. The van der Waals surface area contributed by atoms with E-state index in [4.69, 9.17) is 9.47 Å². The van der Waals surface area contributed by atoms with Gasteiger partial charge < -0.3 is 9.47 Å². The molecule has 9 rings (SSSR count). The van der Waals surface area contributed by atoms with Crippen molar-refractivity contribution in [1.29, 1.82) is 0 Å². The van der Waals surface area contributed by atoms with Crippen LogP contribution in [0, 0.1) is 0 Å². The van der Waals surface area contributed by atoms with E-state index in [0.29, 0.717) is 0 Å². The molecule has 2 aromatic heterocycles. The van der Waals surface area contributed by atoms with Crippen molar-refractivity contribution in [2.75, 3.05) is 0 Å². The highest BCUT2D eigenvalue weighted by Crippen LogP contribution is 2.62. The van der Waals surface area contributed by atoms with Crippen LogP contribution in [-0.2, 0) is 0 Å². The summed E-state index contributed by atoms with van der Waals surface area (Å²) in [7, 11) is 0. The Kier molecular flexibility index (Phi) is 4.12. The molecule has 2 aliphatic rings. The van der Waals surface area contributed by atoms with Gasteiger partial charge in [0.05, 0.1) is 9.75 Å². The van der Waals surface area contributed by atoms with E-state index < -0.39 is 0 Å². The van der Waals surface area contributed by atoms with Gasteiger partial charge in [0.1, 0.15) is 11.5 Å². The molecule has 2 aliphatic heterocycles. The minimum absolute atomic E-state index is 0.885. The number of hydrogen-bond acceptors (Lipinski definition) is 4. The molecule has 4 heterocycles. The third kappa shape index (κ3) is 2.71. The van der Waals surface area contributed by atoms with E-state index in [1.165, 1.54) is 47.7 Å². The van der Waals surface area contributed by atoms with Gasteiger partial charge in [0.25, 0.3) is 0 Å². The van der Waals surface area contributed by atoms with Gasteiger partial charge in [-0.2, -0.15) is 0 Å². The number of benzene rings is 5. The Labute approximate surface area is 227 Å². The number of hydrogen-bond donors (Lipinski definition) is 0. The maximum absolute atomic E-state index is 6.82. The molecule has 7 aromatic rings. The molecule has 0 radical (unpaired) electrons. The first-order valence-corrected chi connectivity index (χ1v) is 14.2. The Hall–Kier alpha value is -4.38. The summed E-state index contributed by atoms with van der Waals surface area (Å²) >= 11 is 3.60. The van der Waals surface area contributed by atoms with Crippen molar-refractivity contribution < 1.29 is 9.47 Å². The van der Waals surface area contributed by atoms with Crippen molar-refractivity contribution in [1.82, 2.24) is 0 Å². The van der Waals surface area contributed by atoms with Crippen molar-refractivity contribution in [2.24, 2.45) is 0 Å². The lowest BCUT2D eigenvalue weighted by molar-refractivity contribution is 0.485. The van der Waals surface area contributed by atoms with Crippen LogP contribution in [0.25, 0.3) is 63.3 Å². The number of ether oxygens (including phenoxy) is 2. The lowest BCUT2D eigenvalue weighted by Crippen LogP contribution is -2.01. The van der Waals surface area contributed by atoms with Gasteiger partial charge in [-0.25, -0.2) is 0 Å². The fraction of sp³-hybridized carbons (Fsp3) is 0. The Balaban J connectivity index is 1.37. The zero-order chi connectivity index (χ0) is 24.8. The third-order valence-electron chi connectivity index (χ3n) is 7.51. The van der Waals surface area contributed by atoms with E-state index in [1.807, 2.05) is 0 Å². The van der Waals surface area contributed by atoms with Crippen molar-refractivity contribution in [3.05, 3.63) is 109 Å². The largest absolute Gasteiger partial charge is 0.454 e. The highest BCUT2D eigenvalue weighted by molar-refractivity contribution is 7.23. The molecular formula is C34H18O2S2. The van der Waals surface area contributed by atoms with Crippen LogP contribution in [0.3, 0.4) is 0 Å². The summed E-state index contributed by atoms with van der Waals surface area (Å²) in [4.78, 5) is 3.57. The summed E-state index contributed by atoms with van der Waals surface area (Å²) in [6.07, 6.45) is 0. The molecule has 0 aliphatic carbocycles. The van der Waals surface area contributed by atoms with Crippen LogP contribution in [0.2, 0.25) is 0 Å². The molecule has 178 valence electrons. The van der Waals surface area contributed by atoms with Crippen molar-refractivity contribution in [3.63, 3.8) is 0 Å². The van der Waals surface area contributed by atoms with Crippen LogP contribution in [0.5, 0.6) is 23.0 Å². The zero-order valence-corrected chi connectivity index (χ0v) is 21.7. The predicted octanol–water partition coefficient (Wildman–Crippen LogP) is 11.0. The molecule has 0 unspecified atom stereocenters. The molecule has 0 bridgehead atoms. The molecule has 2 nitrogen and oxygen atoms in total. The van der Waals surface area contributed by atoms with E-state index >= 15 is 0 Å². The molecule has 0 saturated heterocycles. The van der Waals surface area contributed by atoms with Crippen LogP contribution in [-0.4, -0.2) is 0 Å². The molecule has 38 heavy (non-hydrogen) atoms. The van der Waals surface area contributed by atoms with E-state index in [9.17, 15) is 0 Å². The molecule has 0 N–H and O–H groups in total. The Morgan fingerprint density at radius 3 is 1.82 bits per heavy atom. The molecule has 5 aromatic carbocycles. The fourth-order valence-electron chi connectivity index (χ4n) is 5.85. The molecule has 0 saturated carbocycles. The van der Waals surface area contributed by atoms with E-state index in [-0.39, 0.29) is 0 Å². The monoisotopic (exact) mass is 522 g/mol. The summed E-state index contributed by atoms with van der Waals surface area (Å²) in [5, 5.41) is 3.43.